The number of carbonyl (C=O) groups is 2. The Balaban J connectivity index is 2.84. The quantitative estimate of drug-likeness (QED) is 0.683. The zero-order chi connectivity index (χ0) is 13.4. The molecule has 102 valence electrons. The molecule has 18 heavy (non-hydrogen) atoms. The van der Waals surface area contributed by atoms with E-state index in [0.717, 1.165) is 34.6 Å². The zero-order valence-electron chi connectivity index (χ0n) is 11.2. The summed E-state index contributed by atoms with van der Waals surface area (Å²) in [5.74, 6) is -0.563. The summed E-state index contributed by atoms with van der Waals surface area (Å²) in [5, 5.41) is 0. The van der Waals surface area contributed by atoms with E-state index in [1.54, 1.807) is 0 Å². The van der Waals surface area contributed by atoms with E-state index in [0.29, 0.717) is 0 Å². The van der Waals surface area contributed by atoms with Gasteiger partial charge in [0.1, 0.15) is 0 Å². The molecule has 1 aliphatic heterocycles. The van der Waals surface area contributed by atoms with Gasteiger partial charge in [-0.2, -0.15) is 0 Å². The molecule has 0 spiro atoms. The van der Waals surface area contributed by atoms with Crippen LogP contribution in [0, 0.1) is 0 Å². The first kappa shape index (κ1) is 15.5. The van der Waals surface area contributed by atoms with E-state index in [1.807, 2.05) is 0 Å². The molecule has 0 aromatic rings. The van der Waals surface area contributed by atoms with Crippen LogP contribution in [0.5, 0.6) is 0 Å². The summed E-state index contributed by atoms with van der Waals surface area (Å²) >= 11 is -3.52. The van der Waals surface area contributed by atoms with E-state index in [2.05, 4.69) is 13.8 Å². The van der Waals surface area contributed by atoms with Crippen LogP contribution >= 0.6 is 0 Å². The molecule has 0 N–H and O–H groups in total. The van der Waals surface area contributed by atoms with Crippen molar-refractivity contribution in [2.75, 3.05) is 0 Å². The summed E-state index contributed by atoms with van der Waals surface area (Å²) in [7, 11) is 0. The van der Waals surface area contributed by atoms with Crippen molar-refractivity contribution in [2.24, 2.45) is 0 Å². The third-order valence-electron chi connectivity index (χ3n) is 2.95. The fraction of sp³-hybridized carbons (Fsp3) is 0.692. The third kappa shape index (κ3) is 5.00. The Bertz CT molecular complexity index is 317. The molecule has 0 atom stereocenters. The van der Waals surface area contributed by atoms with Gasteiger partial charge in [-0.05, 0) is 0 Å². The molecule has 0 aliphatic carbocycles. The van der Waals surface area contributed by atoms with Crippen LogP contribution in [0.3, 0.4) is 0 Å². The summed E-state index contributed by atoms with van der Waals surface area (Å²) in [5.41, 5.74) is 0. The molecule has 0 aromatic heterocycles. The van der Waals surface area contributed by atoms with Crippen molar-refractivity contribution in [3.63, 3.8) is 0 Å². The fourth-order valence-corrected chi connectivity index (χ4v) is 11.7. The second-order valence-electron chi connectivity index (χ2n) is 4.62. The topological polar surface area (TPSA) is 52.6 Å². The van der Waals surface area contributed by atoms with Crippen molar-refractivity contribution >= 4 is 31.1 Å². The van der Waals surface area contributed by atoms with Gasteiger partial charge in [-0.3, -0.25) is 0 Å². The van der Waals surface area contributed by atoms with Crippen molar-refractivity contribution in [1.29, 1.82) is 0 Å². The Morgan fingerprint density at radius 2 is 1.72 bits per heavy atom. The Kier molecular flexibility index (Phi) is 6.74. The Morgan fingerprint density at radius 3 is 2.28 bits per heavy atom. The first-order valence-electron chi connectivity index (χ1n) is 6.73. The molecule has 0 saturated carbocycles. The van der Waals surface area contributed by atoms with E-state index < -0.39 is 19.2 Å². The van der Waals surface area contributed by atoms with E-state index in [1.165, 1.54) is 12.2 Å². The van der Waals surface area contributed by atoms with Crippen molar-refractivity contribution in [1.82, 2.24) is 0 Å². The van der Waals surface area contributed by atoms with Gasteiger partial charge in [0.15, 0.2) is 0 Å². The number of unbranched alkanes of at least 4 members (excludes halogenated alkanes) is 2. The first-order valence-corrected chi connectivity index (χ1v) is 13.1. The minimum atomic E-state index is -3.52. The van der Waals surface area contributed by atoms with Crippen LogP contribution in [0.25, 0.3) is 0 Å². The molecule has 0 bridgehead atoms. The van der Waals surface area contributed by atoms with Crippen LogP contribution in [0.1, 0.15) is 46.0 Å². The number of hydrogen-bond donors (Lipinski definition) is 0. The SMILES string of the molecule is CCC[CH2][Sn]1([CH2]CCC)[O]C(=O)C=CCC(=O)[O]1. The molecule has 5 heteroatoms. The van der Waals surface area contributed by atoms with Crippen molar-refractivity contribution in [3.05, 3.63) is 12.2 Å². The molecule has 0 radical (unpaired) electrons. The molecule has 0 saturated heterocycles. The van der Waals surface area contributed by atoms with Gasteiger partial charge < -0.3 is 0 Å². The third-order valence-corrected chi connectivity index (χ3v) is 12.7. The van der Waals surface area contributed by atoms with Gasteiger partial charge in [-0.25, -0.2) is 0 Å². The maximum atomic E-state index is 11.7. The first-order chi connectivity index (χ1) is 8.62. The molecule has 4 nitrogen and oxygen atoms in total. The average molecular weight is 361 g/mol. The van der Waals surface area contributed by atoms with Gasteiger partial charge in [0.05, 0.1) is 0 Å². The Morgan fingerprint density at radius 1 is 1.11 bits per heavy atom. The molecule has 1 heterocycles. The summed E-state index contributed by atoms with van der Waals surface area (Å²) < 4.78 is 12.8. The molecule has 1 aliphatic rings. The predicted octanol–water partition coefficient (Wildman–Crippen LogP) is 3.08. The van der Waals surface area contributed by atoms with Gasteiger partial charge in [0.2, 0.25) is 0 Å². The fourth-order valence-electron chi connectivity index (χ4n) is 1.96. The summed E-state index contributed by atoms with van der Waals surface area (Å²) in [4.78, 5) is 23.3. The van der Waals surface area contributed by atoms with E-state index in [9.17, 15) is 9.59 Å². The maximum absolute atomic E-state index is 11.7. The van der Waals surface area contributed by atoms with Gasteiger partial charge in [-0.1, -0.05) is 0 Å². The van der Waals surface area contributed by atoms with Crippen LogP contribution in [0.15, 0.2) is 12.2 Å². The van der Waals surface area contributed by atoms with Crippen molar-refractivity contribution in [2.45, 2.75) is 54.8 Å². The molecule has 0 aromatic carbocycles. The second kappa shape index (κ2) is 7.81. The van der Waals surface area contributed by atoms with Crippen LogP contribution in [0.4, 0.5) is 0 Å². The van der Waals surface area contributed by atoms with Gasteiger partial charge >= 0.3 is 114 Å². The van der Waals surface area contributed by atoms with Crippen LogP contribution in [0.2, 0.25) is 8.87 Å². The summed E-state index contributed by atoms with van der Waals surface area (Å²) in [6.45, 7) is 4.18. The summed E-state index contributed by atoms with van der Waals surface area (Å²) in [6.07, 6.45) is 7.04. The van der Waals surface area contributed by atoms with Crippen molar-refractivity contribution < 1.29 is 15.7 Å². The zero-order valence-corrected chi connectivity index (χ0v) is 14.1. The van der Waals surface area contributed by atoms with E-state index >= 15 is 0 Å². The van der Waals surface area contributed by atoms with E-state index in [4.69, 9.17) is 6.15 Å². The molecular formula is C13H22O4Sn. The van der Waals surface area contributed by atoms with Crippen LogP contribution in [-0.4, -0.2) is 31.1 Å². The van der Waals surface area contributed by atoms with E-state index in [-0.39, 0.29) is 18.4 Å². The average Bonchev–Trinajstić information content (AvgIpc) is 2.32. The van der Waals surface area contributed by atoms with Gasteiger partial charge in [0, 0.05) is 0 Å². The molecule has 1 rings (SSSR count). The normalized spacial score (nSPS) is 18.8. The van der Waals surface area contributed by atoms with Crippen molar-refractivity contribution in [3.8, 4) is 0 Å². The number of hydrogen-bond acceptors (Lipinski definition) is 4. The molecule has 0 unspecified atom stereocenters. The predicted molar refractivity (Wildman–Crippen MR) is 71.1 cm³/mol. The molecule has 0 fully saturated rings. The standard InChI is InChI=1S/C5H6O4.2C4H9.Sn/c6-4(7)2-1-3-5(8)9;2*1-3-4-2;/h1-2H,3H2,(H,6,7)(H,8,9);2*1,3-4H2,2H3;/q;;;+2/p-2. The van der Waals surface area contributed by atoms with Gasteiger partial charge in [0.25, 0.3) is 0 Å². The monoisotopic (exact) mass is 362 g/mol. The number of rotatable bonds is 6. The molecular weight excluding hydrogens is 339 g/mol. The number of carbonyl (C=O) groups excluding carboxylic acids is 2. The minimum absolute atomic E-state index is 0.187. The van der Waals surface area contributed by atoms with Gasteiger partial charge in [-0.15, -0.1) is 0 Å². The molecule has 0 amide bonds. The summed E-state index contributed by atoms with van der Waals surface area (Å²) in [6, 6.07) is 0. The Labute approximate surface area is 114 Å². The Hall–Kier alpha value is -0.521. The second-order valence-corrected chi connectivity index (χ2v) is 13.8. The van der Waals surface area contributed by atoms with Crippen LogP contribution in [-0.2, 0) is 15.7 Å². The van der Waals surface area contributed by atoms with Crippen LogP contribution < -0.4 is 0 Å².